The molecule has 1 fully saturated rings. The highest BCUT2D eigenvalue weighted by Gasteiger charge is 2.32. The van der Waals surface area contributed by atoms with Crippen LogP contribution in [0.5, 0.6) is 0 Å². The molecule has 1 heterocycles. The van der Waals surface area contributed by atoms with Gasteiger partial charge >= 0.3 is 0 Å². The average molecular weight is 275 g/mol. The van der Waals surface area contributed by atoms with Crippen molar-refractivity contribution in [3.05, 3.63) is 29.3 Å². The van der Waals surface area contributed by atoms with E-state index in [1.807, 2.05) is 0 Å². The van der Waals surface area contributed by atoms with E-state index in [1.165, 1.54) is 10.4 Å². The van der Waals surface area contributed by atoms with Crippen LogP contribution in [0.3, 0.4) is 0 Å². The summed E-state index contributed by atoms with van der Waals surface area (Å²) < 4.78 is 26.1. The highest BCUT2D eigenvalue weighted by atomic mass is 35.5. The van der Waals surface area contributed by atoms with E-state index in [0.29, 0.717) is 19.6 Å². The van der Waals surface area contributed by atoms with Crippen molar-refractivity contribution < 1.29 is 8.42 Å². The predicted octanol–water partition coefficient (Wildman–Crippen LogP) is 1.31. The van der Waals surface area contributed by atoms with E-state index in [2.05, 4.69) is 0 Å². The van der Waals surface area contributed by atoms with Crippen molar-refractivity contribution in [1.29, 1.82) is 0 Å². The molecule has 1 saturated heterocycles. The van der Waals surface area contributed by atoms with Gasteiger partial charge in [0.05, 0.1) is 5.02 Å². The molecule has 0 spiro atoms. The lowest BCUT2D eigenvalue weighted by atomic mass is 10.1. The summed E-state index contributed by atoms with van der Waals surface area (Å²) in [5.74, 6) is 0.257. The van der Waals surface area contributed by atoms with Gasteiger partial charge in [-0.2, -0.15) is 4.31 Å². The first-order valence-electron chi connectivity index (χ1n) is 5.50. The first-order valence-corrected chi connectivity index (χ1v) is 7.32. The number of hydrogen-bond donors (Lipinski definition) is 1. The lowest BCUT2D eigenvalue weighted by Crippen LogP contribution is -2.30. The van der Waals surface area contributed by atoms with E-state index in [1.54, 1.807) is 18.2 Å². The molecule has 0 amide bonds. The van der Waals surface area contributed by atoms with Gasteiger partial charge in [-0.05, 0) is 31.0 Å². The zero-order valence-electron chi connectivity index (χ0n) is 9.34. The van der Waals surface area contributed by atoms with Crippen molar-refractivity contribution >= 4 is 21.6 Å². The summed E-state index contributed by atoms with van der Waals surface area (Å²) in [4.78, 5) is 0.180. The fraction of sp³-hybridized carbons (Fsp3) is 0.455. The smallest absolute Gasteiger partial charge is 0.244 e. The van der Waals surface area contributed by atoms with Crippen molar-refractivity contribution in [1.82, 2.24) is 4.31 Å². The Kier molecular flexibility index (Phi) is 3.73. The van der Waals surface area contributed by atoms with Crippen LogP contribution in [-0.2, 0) is 10.0 Å². The Morgan fingerprint density at radius 1 is 1.41 bits per heavy atom. The summed E-state index contributed by atoms with van der Waals surface area (Å²) in [6.45, 7) is 1.54. The van der Waals surface area contributed by atoms with Crippen LogP contribution in [-0.4, -0.2) is 32.4 Å². The lowest BCUT2D eigenvalue weighted by molar-refractivity contribution is 0.459. The van der Waals surface area contributed by atoms with Gasteiger partial charge in [-0.3, -0.25) is 0 Å². The number of rotatable bonds is 3. The van der Waals surface area contributed by atoms with E-state index in [-0.39, 0.29) is 15.8 Å². The van der Waals surface area contributed by atoms with Gasteiger partial charge in [0.2, 0.25) is 10.0 Å². The van der Waals surface area contributed by atoms with Crippen molar-refractivity contribution in [2.75, 3.05) is 19.6 Å². The molecule has 0 aromatic heterocycles. The minimum atomic E-state index is -3.47. The average Bonchev–Trinajstić information content (AvgIpc) is 2.78. The molecule has 17 heavy (non-hydrogen) atoms. The Hall–Kier alpha value is -0.620. The molecule has 1 unspecified atom stereocenters. The molecule has 1 atom stereocenters. The number of hydrogen-bond acceptors (Lipinski definition) is 3. The Morgan fingerprint density at radius 2 is 2.12 bits per heavy atom. The fourth-order valence-electron chi connectivity index (χ4n) is 2.00. The molecule has 1 aromatic carbocycles. The standard InChI is InChI=1S/C11H15ClN2O2S/c12-10-3-1-2-4-11(10)17(15,16)14-6-5-9(7-13)8-14/h1-4,9H,5-8,13H2. The number of nitrogens with two attached hydrogens (primary N) is 1. The molecular formula is C11H15ClN2O2S. The molecule has 0 bridgehead atoms. The van der Waals surface area contributed by atoms with Crippen LogP contribution in [0, 0.1) is 5.92 Å². The second kappa shape index (κ2) is 4.94. The highest BCUT2D eigenvalue weighted by molar-refractivity contribution is 7.89. The zero-order valence-corrected chi connectivity index (χ0v) is 10.9. The largest absolute Gasteiger partial charge is 0.330 e. The lowest BCUT2D eigenvalue weighted by Gasteiger charge is -2.17. The zero-order chi connectivity index (χ0) is 12.5. The summed E-state index contributed by atoms with van der Waals surface area (Å²) in [5, 5.41) is 0.267. The van der Waals surface area contributed by atoms with E-state index in [4.69, 9.17) is 17.3 Å². The molecule has 0 radical (unpaired) electrons. The monoisotopic (exact) mass is 274 g/mol. The Morgan fingerprint density at radius 3 is 2.71 bits per heavy atom. The minimum Gasteiger partial charge on any atom is -0.330 e. The number of benzene rings is 1. The third-order valence-electron chi connectivity index (χ3n) is 3.04. The van der Waals surface area contributed by atoms with Gasteiger partial charge in [0.25, 0.3) is 0 Å². The SMILES string of the molecule is NCC1CCN(S(=O)(=O)c2ccccc2Cl)C1. The van der Waals surface area contributed by atoms with Crippen LogP contribution < -0.4 is 5.73 Å². The molecule has 0 saturated carbocycles. The van der Waals surface area contributed by atoms with Crippen LogP contribution in [0.2, 0.25) is 5.02 Å². The number of halogens is 1. The van der Waals surface area contributed by atoms with Crippen molar-refractivity contribution in [2.24, 2.45) is 11.7 Å². The minimum absolute atomic E-state index is 0.180. The highest BCUT2D eigenvalue weighted by Crippen LogP contribution is 2.28. The normalized spacial score (nSPS) is 21.9. The van der Waals surface area contributed by atoms with Gasteiger partial charge in [-0.25, -0.2) is 8.42 Å². The molecule has 4 nitrogen and oxygen atoms in total. The second-order valence-corrected chi connectivity index (χ2v) is 6.50. The van der Waals surface area contributed by atoms with E-state index in [0.717, 1.165) is 6.42 Å². The topological polar surface area (TPSA) is 63.4 Å². The van der Waals surface area contributed by atoms with Crippen molar-refractivity contribution in [2.45, 2.75) is 11.3 Å². The van der Waals surface area contributed by atoms with Crippen molar-refractivity contribution in [3.63, 3.8) is 0 Å². The van der Waals surface area contributed by atoms with Gasteiger partial charge in [0.15, 0.2) is 0 Å². The molecule has 0 aliphatic carbocycles. The summed E-state index contributed by atoms with van der Waals surface area (Å²) in [7, 11) is -3.47. The first-order chi connectivity index (χ1) is 8.05. The first kappa shape index (κ1) is 12.8. The number of nitrogens with zero attached hydrogens (tertiary/aromatic N) is 1. The molecular weight excluding hydrogens is 260 g/mol. The van der Waals surface area contributed by atoms with Crippen LogP contribution in [0.25, 0.3) is 0 Å². The molecule has 2 N–H and O–H groups in total. The summed E-state index contributed by atoms with van der Waals surface area (Å²) in [6, 6.07) is 6.52. The van der Waals surface area contributed by atoms with Gasteiger partial charge in [-0.1, -0.05) is 23.7 Å². The number of sulfonamides is 1. The van der Waals surface area contributed by atoms with Gasteiger partial charge in [-0.15, -0.1) is 0 Å². The second-order valence-electron chi connectivity index (χ2n) is 4.18. The van der Waals surface area contributed by atoms with E-state index in [9.17, 15) is 8.42 Å². The van der Waals surface area contributed by atoms with E-state index < -0.39 is 10.0 Å². The van der Waals surface area contributed by atoms with Crippen LogP contribution >= 0.6 is 11.6 Å². The van der Waals surface area contributed by atoms with Crippen LogP contribution in [0.15, 0.2) is 29.2 Å². The Bertz CT molecular complexity index is 504. The fourth-order valence-corrected chi connectivity index (χ4v) is 4.03. The van der Waals surface area contributed by atoms with Gasteiger partial charge < -0.3 is 5.73 Å². The van der Waals surface area contributed by atoms with E-state index >= 15 is 0 Å². The molecule has 6 heteroatoms. The molecule has 94 valence electrons. The van der Waals surface area contributed by atoms with Crippen LogP contribution in [0.1, 0.15) is 6.42 Å². The third kappa shape index (κ3) is 2.47. The maximum absolute atomic E-state index is 12.3. The third-order valence-corrected chi connectivity index (χ3v) is 5.40. The summed E-state index contributed by atoms with van der Waals surface area (Å²) in [5.41, 5.74) is 5.56. The summed E-state index contributed by atoms with van der Waals surface area (Å²) >= 11 is 5.93. The Labute approximate surface area is 106 Å². The predicted molar refractivity (Wildman–Crippen MR) is 67.4 cm³/mol. The molecule has 1 aliphatic heterocycles. The van der Waals surface area contributed by atoms with Crippen LogP contribution in [0.4, 0.5) is 0 Å². The van der Waals surface area contributed by atoms with Gasteiger partial charge in [0, 0.05) is 13.1 Å². The Balaban J connectivity index is 2.29. The van der Waals surface area contributed by atoms with Crippen molar-refractivity contribution in [3.8, 4) is 0 Å². The maximum Gasteiger partial charge on any atom is 0.244 e. The quantitative estimate of drug-likeness (QED) is 0.904. The van der Waals surface area contributed by atoms with Gasteiger partial charge in [0.1, 0.15) is 4.90 Å². The molecule has 1 aromatic rings. The maximum atomic E-state index is 12.3. The molecule has 1 aliphatic rings. The summed E-state index contributed by atoms with van der Waals surface area (Å²) in [6.07, 6.45) is 0.820. The molecule has 2 rings (SSSR count).